The molecular weight excluding hydrogens is 339 g/mol. The summed E-state index contributed by atoms with van der Waals surface area (Å²) in [4.78, 5) is 37.0. The quantitative estimate of drug-likeness (QED) is 0.840. The fraction of sp³-hybridized carbons (Fsp3) is 0.0625. The van der Waals surface area contributed by atoms with Crippen LogP contribution in [0.5, 0.6) is 0 Å². The van der Waals surface area contributed by atoms with Crippen molar-refractivity contribution >= 4 is 52.3 Å². The average Bonchev–Trinajstić information content (AvgIpc) is 2.72. The number of benzene rings is 2. The van der Waals surface area contributed by atoms with Crippen LogP contribution in [0, 0.1) is 0 Å². The molecule has 0 atom stereocenters. The molecule has 0 radical (unpaired) electrons. The highest BCUT2D eigenvalue weighted by molar-refractivity contribution is 6.44. The van der Waals surface area contributed by atoms with Gasteiger partial charge in [-0.1, -0.05) is 23.2 Å². The molecule has 23 heavy (non-hydrogen) atoms. The van der Waals surface area contributed by atoms with Crippen molar-refractivity contribution in [1.82, 2.24) is 0 Å². The standard InChI is InChI=1S/C16H10Cl2N2O3/c1-8(21)19-9-2-4-10(5-3-9)20-15(22)11-6-13(17)14(18)7-12(11)16(20)23/h2-7H,1H3,(H,19,21). The predicted molar refractivity (Wildman–Crippen MR) is 88.3 cm³/mol. The van der Waals surface area contributed by atoms with Crippen LogP contribution in [0.25, 0.3) is 0 Å². The van der Waals surface area contributed by atoms with E-state index >= 15 is 0 Å². The van der Waals surface area contributed by atoms with Crippen molar-refractivity contribution in [2.24, 2.45) is 0 Å². The largest absolute Gasteiger partial charge is 0.326 e. The van der Waals surface area contributed by atoms with Crippen molar-refractivity contribution < 1.29 is 14.4 Å². The Morgan fingerprint density at radius 2 is 1.43 bits per heavy atom. The second kappa shape index (κ2) is 5.68. The fourth-order valence-electron chi connectivity index (χ4n) is 2.37. The first-order valence-corrected chi connectivity index (χ1v) is 7.39. The second-order valence-electron chi connectivity index (χ2n) is 4.99. The lowest BCUT2D eigenvalue weighted by atomic mass is 10.1. The number of carbonyl (C=O) groups is 3. The van der Waals surface area contributed by atoms with E-state index in [0.29, 0.717) is 11.4 Å². The minimum atomic E-state index is -0.462. The van der Waals surface area contributed by atoms with Gasteiger partial charge in [0.1, 0.15) is 0 Å². The molecule has 1 aliphatic rings. The van der Waals surface area contributed by atoms with E-state index in [2.05, 4.69) is 5.32 Å². The minimum absolute atomic E-state index is 0.206. The Kier molecular flexibility index (Phi) is 3.83. The number of nitrogens with one attached hydrogen (secondary N) is 1. The van der Waals surface area contributed by atoms with Gasteiger partial charge in [-0.3, -0.25) is 14.4 Å². The summed E-state index contributed by atoms with van der Waals surface area (Å²) in [6, 6.07) is 9.17. The maximum atomic E-state index is 12.5. The van der Waals surface area contributed by atoms with Gasteiger partial charge in [0.25, 0.3) is 11.8 Å². The number of amides is 3. The number of imide groups is 1. The molecule has 0 bridgehead atoms. The summed E-state index contributed by atoms with van der Waals surface area (Å²) >= 11 is 11.8. The highest BCUT2D eigenvalue weighted by Crippen LogP contribution is 2.34. The molecule has 0 aromatic heterocycles. The molecule has 3 amide bonds. The maximum absolute atomic E-state index is 12.5. The van der Waals surface area contributed by atoms with E-state index in [4.69, 9.17) is 23.2 Å². The van der Waals surface area contributed by atoms with E-state index < -0.39 is 11.8 Å². The van der Waals surface area contributed by atoms with Crippen molar-refractivity contribution in [3.8, 4) is 0 Å². The molecule has 0 saturated heterocycles. The van der Waals surface area contributed by atoms with Gasteiger partial charge >= 0.3 is 0 Å². The first-order chi connectivity index (χ1) is 10.9. The lowest BCUT2D eigenvalue weighted by Gasteiger charge is -2.14. The van der Waals surface area contributed by atoms with Gasteiger partial charge in [-0.2, -0.15) is 0 Å². The Hall–Kier alpha value is -2.37. The van der Waals surface area contributed by atoms with Crippen molar-refractivity contribution in [2.45, 2.75) is 6.92 Å². The van der Waals surface area contributed by atoms with Crippen LogP contribution in [-0.4, -0.2) is 17.7 Å². The maximum Gasteiger partial charge on any atom is 0.266 e. The zero-order valence-electron chi connectivity index (χ0n) is 11.9. The predicted octanol–water partition coefficient (Wildman–Crippen LogP) is 3.75. The third-order valence-corrected chi connectivity index (χ3v) is 4.10. The van der Waals surface area contributed by atoms with Crippen molar-refractivity contribution in [3.05, 3.63) is 57.6 Å². The molecule has 1 N–H and O–H groups in total. The molecule has 3 rings (SSSR count). The highest BCUT2D eigenvalue weighted by atomic mass is 35.5. The van der Waals surface area contributed by atoms with E-state index in [1.165, 1.54) is 19.1 Å². The van der Waals surface area contributed by atoms with Gasteiger partial charge in [0.2, 0.25) is 5.91 Å². The SMILES string of the molecule is CC(=O)Nc1ccc(N2C(=O)c3cc(Cl)c(Cl)cc3C2=O)cc1. The Morgan fingerprint density at radius 3 is 1.87 bits per heavy atom. The third-order valence-electron chi connectivity index (χ3n) is 3.37. The summed E-state index contributed by atoms with van der Waals surface area (Å²) in [6.45, 7) is 1.39. The Morgan fingerprint density at radius 1 is 0.957 bits per heavy atom. The molecule has 0 unspecified atom stereocenters. The van der Waals surface area contributed by atoms with Gasteiger partial charge in [0.05, 0.1) is 26.9 Å². The summed E-state index contributed by atoms with van der Waals surface area (Å²) in [5, 5.41) is 3.05. The van der Waals surface area contributed by atoms with E-state index in [1.807, 2.05) is 0 Å². The molecule has 1 heterocycles. The molecule has 0 fully saturated rings. The molecular formula is C16H10Cl2N2O3. The van der Waals surface area contributed by atoms with E-state index in [1.54, 1.807) is 24.3 Å². The molecule has 7 heteroatoms. The zero-order valence-corrected chi connectivity index (χ0v) is 13.4. The van der Waals surface area contributed by atoms with Crippen LogP contribution in [-0.2, 0) is 4.79 Å². The monoisotopic (exact) mass is 348 g/mol. The zero-order chi connectivity index (χ0) is 16.7. The second-order valence-corrected chi connectivity index (χ2v) is 5.80. The first-order valence-electron chi connectivity index (χ1n) is 6.64. The number of fused-ring (bicyclic) bond motifs is 1. The van der Waals surface area contributed by atoms with Gasteiger partial charge in [-0.25, -0.2) is 4.90 Å². The summed E-state index contributed by atoms with van der Waals surface area (Å²) in [5.74, 6) is -1.13. The summed E-state index contributed by atoms with van der Waals surface area (Å²) < 4.78 is 0. The van der Waals surface area contributed by atoms with E-state index in [-0.39, 0.29) is 27.1 Å². The topological polar surface area (TPSA) is 66.5 Å². The number of anilines is 2. The molecule has 0 aliphatic carbocycles. The molecule has 2 aromatic rings. The molecule has 0 spiro atoms. The summed E-state index contributed by atoms with van der Waals surface area (Å²) in [7, 11) is 0. The van der Waals surface area contributed by atoms with Crippen LogP contribution >= 0.6 is 23.2 Å². The Bertz CT molecular complexity index is 806. The summed E-state index contributed by atoms with van der Waals surface area (Å²) in [6.07, 6.45) is 0. The molecule has 0 saturated carbocycles. The Balaban J connectivity index is 1.97. The first kappa shape index (κ1) is 15.5. The summed E-state index contributed by atoms with van der Waals surface area (Å²) in [5.41, 5.74) is 1.41. The van der Waals surface area contributed by atoms with Crippen LogP contribution in [0.4, 0.5) is 11.4 Å². The van der Waals surface area contributed by atoms with Gasteiger partial charge in [-0.05, 0) is 36.4 Å². The van der Waals surface area contributed by atoms with Gasteiger partial charge in [-0.15, -0.1) is 0 Å². The van der Waals surface area contributed by atoms with E-state index in [0.717, 1.165) is 4.90 Å². The smallest absolute Gasteiger partial charge is 0.266 e. The lowest BCUT2D eigenvalue weighted by Crippen LogP contribution is -2.29. The number of carbonyl (C=O) groups excluding carboxylic acids is 3. The third kappa shape index (κ3) is 2.69. The van der Waals surface area contributed by atoms with Crippen LogP contribution in [0.15, 0.2) is 36.4 Å². The lowest BCUT2D eigenvalue weighted by molar-refractivity contribution is -0.114. The average molecular weight is 349 g/mol. The number of hydrogen-bond acceptors (Lipinski definition) is 3. The molecule has 116 valence electrons. The van der Waals surface area contributed by atoms with Crippen LogP contribution in [0.2, 0.25) is 10.0 Å². The molecule has 5 nitrogen and oxygen atoms in total. The van der Waals surface area contributed by atoms with Crippen molar-refractivity contribution in [1.29, 1.82) is 0 Å². The number of nitrogens with zero attached hydrogens (tertiary/aromatic N) is 1. The number of rotatable bonds is 2. The normalized spacial score (nSPS) is 13.3. The van der Waals surface area contributed by atoms with Gasteiger partial charge < -0.3 is 5.32 Å². The van der Waals surface area contributed by atoms with Gasteiger partial charge in [0.15, 0.2) is 0 Å². The Labute approximate surface area is 141 Å². The molecule has 2 aromatic carbocycles. The minimum Gasteiger partial charge on any atom is -0.326 e. The van der Waals surface area contributed by atoms with Crippen molar-refractivity contribution in [2.75, 3.05) is 10.2 Å². The van der Waals surface area contributed by atoms with Crippen LogP contribution < -0.4 is 10.2 Å². The van der Waals surface area contributed by atoms with Crippen LogP contribution in [0.1, 0.15) is 27.6 Å². The van der Waals surface area contributed by atoms with Gasteiger partial charge in [0, 0.05) is 12.6 Å². The fourth-order valence-corrected chi connectivity index (χ4v) is 2.69. The highest BCUT2D eigenvalue weighted by Gasteiger charge is 2.37. The number of hydrogen-bond donors (Lipinski definition) is 1. The molecule has 1 aliphatic heterocycles. The number of halogens is 2. The van der Waals surface area contributed by atoms with E-state index in [9.17, 15) is 14.4 Å². The van der Waals surface area contributed by atoms with Crippen molar-refractivity contribution in [3.63, 3.8) is 0 Å². The van der Waals surface area contributed by atoms with Crippen LogP contribution in [0.3, 0.4) is 0 Å².